The van der Waals surface area contributed by atoms with Crippen LogP contribution in [-0.4, -0.2) is 51.3 Å². The van der Waals surface area contributed by atoms with E-state index in [1.807, 2.05) is 12.1 Å². The molecule has 0 atom stereocenters. The predicted octanol–water partition coefficient (Wildman–Crippen LogP) is 1.98. The van der Waals surface area contributed by atoms with Gasteiger partial charge in [-0.25, -0.2) is 0 Å². The number of hydrogen-bond donors (Lipinski definition) is 1. The van der Waals surface area contributed by atoms with Crippen LogP contribution in [0.1, 0.15) is 12.0 Å². The van der Waals surface area contributed by atoms with Crippen LogP contribution in [-0.2, 0) is 20.7 Å². The molecule has 21 heavy (non-hydrogen) atoms. The van der Waals surface area contributed by atoms with Crippen molar-refractivity contribution in [3.8, 4) is 0 Å². The molecule has 0 aliphatic rings. The Morgan fingerprint density at radius 2 is 1.86 bits per heavy atom. The van der Waals surface area contributed by atoms with E-state index in [0.717, 1.165) is 5.56 Å². The standard InChI is InChI=1S/C15H23ClN2O3/c1-20-9-7-18(8-10-21-2)15(19)6-4-12-3-5-13(16)14(17)11-12/h3,5,11H,4,6-10,17H2,1-2H3. The van der Waals surface area contributed by atoms with Gasteiger partial charge in [-0.15, -0.1) is 0 Å². The highest BCUT2D eigenvalue weighted by Gasteiger charge is 2.13. The van der Waals surface area contributed by atoms with Crippen LogP contribution < -0.4 is 5.73 Å². The van der Waals surface area contributed by atoms with Gasteiger partial charge in [0.2, 0.25) is 5.91 Å². The minimum Gasteiger partial charge on any atom is -0.398 e. The molecule has 0 saturated carbocycles. The van der Waals surface area contributed by atoms with Crippen molar-refractivity contribution in [3.05, 3.63) is 28.8 Å². The maximum absolute atomic E-state index is 12.2. The van der Waals surface area contributed by atoms with Crippen LogP contribution in [0.2, 0.25) is 5.02 Å². The average Bonchev–Trinajstić information content (AvgIpc) is 2.48. The highest BCUT2D eigenvalue weighted by atomic mass is 35.5. The monoisotopic (exact) mass is 314 g/mol. The van der Waals surface area contributed by atoms with Crippen LogP contribution in [0.25, 0.3) is 0 Å². The molecule has 0 aliphatic heterocycles. The molecular formula is C15H23ClN2O3. The summed E-state index contributed by atoms with van der Waals surface area (Å²) in [4.78, 5) is 14.0. The zero-order chi connectivity index (χ0) is 15.7. The summed E-state index contributed by atoms with van der Waals surface area (Å²) in [5, 5.41) is 0.534. The van der Waals surface area contributed by atoms with Gasteiger partial charge in [-0.3, -0.25) is 4.79 Å². The highest BCUT2D eigenvalue weighted by Crippen LogP contribution is 2.20. The van der Waals surface area contributed by atoms with Crippen LogP contribution in [0.4, 0.5) is 5.69 Å². The lowest BCUT2D eigenvalue weighted by Crippen LogP contribution is -2.36. The maximum atomic E-state index is 12.2. The van der Waals surface area contributed by atoms with Gasteiger partial charge in [-0.05, 0) is 24.1 Å². The normalized spacial score (nSPS) is 10.6. The van der Waals surface area contributed by atoms with Gasteiger partial charge < -0.3 is 20.1 Å². The van der Waals surface area contributed by atoms with Gasteiger partial charge >= 0.3 is 0 Å². The number of carbonyl (C=O) groups is 1. The molecule has 1 amide bonds. The molecule has 0 spiro atoms. The van der Waals surface area contributed by atoms with Crippen molar-refractivity contribution in [2.75, 3.05) is 46.3 Å². The summed E-state index contributed by atoms with van der Waals surface area (Å²) in [5.74, 6) is 0.0811. The maximum Gasteiger partial charge on any atom is 0.223 e. The second-order valence-electron chi connectivity index (χ2n) is 4.72. The lowest BCUT2D eigenvalue weighted by molar-refractivity contribution is -0.132. The third kappa shape index (κ3) is 6.33. The summed E-state index contributed by atoms with van der Waals surface area (Å²) in [6.45, 7) is 2.18. The third-order valence-electron chi connectivity index (χ3n) is 3.17. The van der Waals surface area contributed by atoms with Crippen LogP contribution in [0, 0.1) is 0 Å². The van der Waals surface area contributed by atoms with E-state index < -0.39 is 0 Å². The zero-order valence-corrected chi connectivity index (χ0v) is 13.4. The van der Waals surface area contributed by atoms with Gasteiger partial charge in [0.25, 0.3) is 0 Å². The number of nitrogens with two attached hydrogens (primary N) is 1. The number of rotatable bonds is 9. The fraction of sp³-hybridized carbons (Fsp3) is 0.533. The van der Waals surface area contributed by atoms with Gasteiger partial charge in [-0.1, -0.05) is 17.7 Å². The number of halogens is 1. The largest absolute Gasteiger partial charge is 0.398 e. The summed E-state index contributed by atoms with van der Waals surface area (Å²) < 4.78 is 10.1. The van der Waals surface area contributed by atoms with Crippen molar-refractivity contribution < 1.29 is 14.3 Å². The van der Waals surface area contributed by atoms with E-state index in [0.29, 0.717) is 49.9 Å². The first kappa shape index (κ1) is 17.8. The molecule has 0 bridgehead atoms. The second-order valence-corrected chi connectivity index (χ2v) is 5.13. The first-order valence-corrected chi connectivity index (χ1v) is 7.25. The number of amides is 1. The SMILES string of the molecule is COCCN(CCOC)C(=O)CCc1ccc(Cl)c(N)c1. The molecule has 0 radical (unpaired) electrons. The molecule has 0 fully saturated rings. The number of hydrogen-bond acceptors (Lipinski definition) is 4. The molecule has 0 aliphatic carbocycles. The Balaban J connectivity index is 2.53. The van der Waals surface area contributed by atoms with Gasteiger partial charge in [0.15, 0.2) is 0 Å². The minimum atomic E-state index is 0.0811. The Labute approximate surface area is 131 Å². The minimum absolute atomic E-state index is 0.0811. The molecule has 1 rings (SSSR count). The third-order valence-corrected chi connectivity index (χ3v) is 3.52. The van der Waals surface area contributed by atoms with Crippen LogP contribution in [0.3, 0.4) is 0 Å². The van der Waals surface area contributed by atoms with Crippen molar-refractivity contribution in [1.29, 1.82) is 0 Å². The van der Waals surface area contributed by atoms with Gasteiger partial charge in [0, 0.05) is 33.7 Å². The number of methoxy groups -OCH3 is 2. The molecule has 0 saturated heterocycles. The summed E-state index contributed by atoms with van der Waals surface area (Å²) in [6, 6.07) is 5.45. The van der Waals surface area contributed by atoms with Crippen LogP contribution in [0.15, 0.2) is 18.2 Å². The first-order chi connectivity index (χ1) is 10.1. The number of carbonyl (C=O) groups excluding carboxylic acids is 1. The van der Waals surface area contributed by atoms with Crippen molar-refractivity contribution >= 4 is 23.2 Å². The van der Waals surface area contributed by atoms with Crippen molar-refractivity contribution in [2.24, 2.45) is 0 Å². The quantitative estimate of drug-likeness (QED) is 0.708. The Morgan fingerprint density at radius 3 is 2.38 bits per heavy atom. The molecule has 5 nitrogen and oxygen atoms in total. The molecule has 0 aromatic heterocycles. The second kappa shape index (κ2) is 9.60. The van der Waals surface area contributed by atoms with Gasteiger partial charge in [-0.2, -0.15) is 0 Å². The number of anilines is 1. The average molecular weight is 315 g/mol. The lowest BCUT2D eigenvalue weighted by atomic mass is 10.1. The molecular weight excluding hydrogens is 292 g/mol. The first-order valence-electron chi connectivity index (χ1n) is 6.88. The molecule has 118 valence electrons. The molecule has 6 heteroatoms. The van der Waals surface area contributed by atoms with E-state index in [9.17, 15) is 4.79 Å². The Morgan fingerprint density at radius 1 is 1.24 bits per heavy atom. The Hall–Kier alpha value is -1.30. The van der Waals surface area contributed by atoms with E-state index in [2.05, 4.69) is 0 Å². The highest BCUT2D eigenvalue weighted by molar-refractivity contribution is 6.33. The predicted molar refractivity (Wildman–Crippen MR) is 84.5 cm³/mol. The van der Waals surface area contributed by atoms with E-state index in [4.69, 9.17) is 26.8 Å². The molecule has 1 aromatic carbocycles. The number of nitrogens with zero attached hydrogens (tertiary/aromatic N) is 1. The van der Waals surface area contributed by atoms with E-state index >= 15 is 0 Å². The van der Waals surface area contributed by atoms with Gasteiger partial charge in [0.1, 0.15) is 0 Å². The van der Waals surface area contributed by atoms with E-state index in [1.54, 1.807) is 25.2 Å². The summed E-state index contributed by atoms with van der Waals surface area (Å²) in [6.07, 6.45) is 1.06. The fourth-order valence-electron chi connectivity index (χ4n) is 1.92. The molecule has 0 unspecified atom stereocenters. The van der Waals surface area contributed by atoms with Crippen LogP contribution >= 0.6 is 11.6 Å². The smallest absolute Gasteiger partial charge is 0.223 e. The Bertz CT molecular complexity index is 447. The summed E-state index contributed by atoms with van der Waals surface area (Å²) >= 11 is 5.88. The number of aryl methyl sites for hydroxylation is 1. The molecule has 0 heterocycles. The van der Waals surface area contributed by atoms with Crippen molar-refractivity contribution in [3.63, 3.8) is 0 Å². The van der Waals surface area contributed by atoms with Gasteiger partial charge in [0.05, 0.1) is 23.9 Å². The lowest BCUT2D eigenvalue weighted by Gasteiger charge is -2.22. The zero-order valence-electron chi connectivity index (χ0n) is 12.6. The summed E-state index contributed by atoms with van der Waals surface area (Å²) in [7, 11) is 3.24. The topological polar surface area (TPSA) is 64.8 Å². The van der Waals surface area contributed by atoms with Crippen LogP contribution in [0.5, 0.6) is 0 Å². The van der Waals surface area contributed by atoms with Crippen molar-refractivity contribution in [1.82, 2.24) is 4.90 Å². The number of ether oxygens (including phenoxy) is 2. The van der Waals surface area contributed by atoms with E-state index in [1.165, 1.54) is 0 Å². The summed E-state index contributed by atoms with van der Waals surface area (Å²) in [5.41, 5.74) is 7.30. The Kier molecular flexibility index (Phi) is 8.12. The fourth-order valence-corrected chi connectivity index (χ4v) is 2.04. The van der Waals surface area contributed by atoms with E-state index in [-0.39, 0.29) is 5.91 Å². The number of benzene rings is 1. The number of nitrogen functional groups attached to an aromatic ring is 1. The molecule has 1 aromatic rings. The molecule has 2 N–H and O–H groups in total. The van der Waals surface area contributed by atoms with Crippen molar-refractivity contribution in [2.45, 2.75) is 12.8 Å².